The summed E-state index contributed by atoms with van der Waals surface area (Å²) in [4.78, 5) is 62.2. The van der Waals surface area contributed by atoms with E-state index in [-0.39, 0.29) is 23.4 Å². The number of hydrogen-bond donors (Lipinski definition) is 2. The first-order valence-corrected chi connectivity index (χ1v) is 17.8. The smallest absolute Gasteiger partial charge is 0.433 e. The van der Waals surface area contributed by atoms with Crippen molar-refractivity contribution < 1.29 is 41.8 Å². The molecule has 3 fully saturated rings. The summed E-state index contributed by atoms with van der Waals surface area (Å²) in [5.74, 6) is -10.4. The zero-order valence-electron chi connectivity index (χ0n) is 29.2. The average molecular weight is 774 g/mol. The number of aromatic nitrogens is 1. The summed E-state index contributed by atoms with van der Waals surface area (Å²) in [6, 6.07) is 21.1. The maximum atomic E-state index is 15.3. The molecule has 282 valence electrons. The van der Waals surface area contributed by atoms with Crippen LogP contribution in [0.4, 0.5) is 29.1 Å². The van der Waals surface area contributed by atoms with Crippen LogP contribution in [0.15, 0.2) is 96.6 Å². The highest BCUT2D eigenvalue weighted by Crippen LogP contribution is 2.65. The van der Waals surface area contributed by atoms with Crippen LogP contribution in [-0.4, -0.2) is 50.8 Å². The number of nitrogens with one attached hydrogen (secondary N) is 1. The minimum atomic E-state index is -4.84. The summed E-state index contributed by atoms with van der Waals surface area (Å²) < 4.78 is 56.3. The molecule has 0 radical (unpaired) electrons. The number of carbonyl (C=O) groups is 4. The van der Waals surface area contributed by atoms with Gasteiger partial charge < -0.3 is 5.11 Å². The predicted molar refractivity (Wildman–Crippen MR) is 191 cm³/mol. The van der Waals surface area contributed by atoms with Crippen molar-refractivity contribution >= 4 is 46.7 Å². The van der Waals surface area contributed by atoms with Crippen LogP contribution < -0.4 is 10.4 Å². The number of pyridine rings is 1. The Hall–Kier alpha value is -5.76. The van der Waals surface area contributed by atoms with E-state index in [9.17, 15) is 32.7 Å². The van der Waals surface area contributed by atoms with Gasteiger partial charge in [-0.15, -0.1) is 0 Å². The Kier molecular flexibility index (Phi) is 8.52. The Labute approximate surface area is 316 Å². The highest BCUT2D eigenvalue weighted by atomic mass is 35.5. The second-order valence-corrected chi connectivity index (χ2v) is 14.7. The topological polar surface area (TPSA) is 123 Å². The number of nitrogens with zero attached hydrogens (tertiary/aromatic N) is 4. The number of aryl methyl sites for hydroxylation is 1. The van der Waals surface area contributed by atoms with Gasteiger partial charge in [0.2, 0.25) is 0 Å². The van der Waals surface area contributed by atoms with Gasteiger partial charge in [0.1, 0.15) is 5.69 Å². The van der Waals surface area contributed by atoms with Crippen molar-refractivity contribution in [1.82, 2.24) is 15.0 Å². The number of benzene rings is 3. The first-order valence-electron chi connectivity index (χ1n) is 17.5. The van der Waals surface area contributed by atoms with Crippen molar-refractivity contribution in [3.63, 3.8) is 0 Å². The first-order chi connectivity index (χ1) is 26.2. The van der Waals surface area contributed by atoms with Crippen LogP contribution in [0.1, 0.15) is 41.1 Å². The lowest BCUT2D eigenvalue weighted by Gasteiger charge is -2.50. The molecule has 2 N–H and O–H groups in total. The van der Waals surface area contributed by atoms with Gasteiger partial charge in [0.05, 0.1) is 33.9 Å². The third-order valence-corrected chi connectivity index (χ3v) is 11.7. The molecule has 3 heterocycles. The number of alkyl halides is 3. The molecule has 1 aromatic heterocycles. The largest absolute Gasteiger partial charge is 0.505 e. The monoisotopic (exact) mass is 773 g/mol. The predicted octanol–water partition coefficient (Wildman–Crippen LogP) is 6.94. The molecule has 6 unspecified atom stereocenters. The van der Waals surface area contributed by atoms with Crippen molar-refractivity contribution in [3.05, 3.63) is 130 Å². The number of halogens is 5. The summed E-state index contributed by atoms with van der Waals surface area (Å²) >= 11 is 6.27. The molecule has 3 aromatic carbocycles. The Morgan fingerprint density at radius 1 is 0.909 bits per heavy atom. The summed E-state index contributed by atoms with van der Waals surface area (Å²) in [7, 11) is 1.21. The maximum absolute atomic E-state index is 15.3. The minimum absolute atomic E-state index is 0.00674. The Morgan fingerprint density at radius 2 is 1.62 bits per heavy atom. The van der Waals surface area contributed by atoms with Gasteiger partial charge in [-0.05, 0) is 61.6 Å². The summed E-state index contributed by atoms with van der Waals surface area (Å²) in [5.41, 5.74) is 2.17. The van der Waals surface area contributed by atoms with E-state index in [2.05, 4.69) is 10.4 Å². The van der Waals surface area contributed by atoms with E-state index in [1.807, 2.05) is 6.92 Å². The van der Waals surface area contributed by atoms with Crippen molar-refractivity contribution in [2.75, 3.05) is 17.5 Å². The zero-order valence-corrected chi connectivity index (χ0v) is 30.0. The van der Waals surface area contributed by atoms with Crippen LogP contribution in [0, 0.1) is 36.4 Å². The second-order valence-electron chi connectivity index (χ2n) is 14.3. The Balaban J connectivity index is 1.28. The molecule has 0 spiro atoms. The van der Waals surface area contributed by atoms with Gasteiger partial charge >= 0.3 is 6.18 Å². The molecule has 4 aromatic rings. The quantitative estimate of drug-likeness (QED) is 0.123. The number of fused-ring (bicyclic) bond motifs is 4. The van der Waals surface area contributed by atoms with E-state index >= 15 is 9.18 Å². The van der Waals surface area contributed by atoms with Gasteiger partial charge in [0.15, 0.2) is 17.4 Å². The van der Waals surface area contributed by atoms with Crippen molar-refractivity contribution in [2.45, 2.75) is 37.3 Å². The van der Waals surface area contributed by atoms with E-state index in [0.29, 0.717) is 22.9 Å². The number of hydrazine groups is 2. The maximum Gasteiger partial charge on any atom is 0.433 e. The Morgan fingerprint density at radius 3 is 2.31 bits per heavy atom. The van der Waals surface area contributed by atoms with Crippen molar-refractivity contribution in [2.24, 2.45) is 23.7 Å². The standard InChI is InChI=1S/C40H32ClF4N5O5/c1-20-11-13-22(14-12-20)47-49-36(53)27-19-26-23(32(25-9-6-10-29(42)33(25)51)39(27,38(49)55)21-7-4-3-5-8-21)15-16-24-31(26)37(54)50(35(24)52)48(2)34-28(41)17-18-30(46-34)40(43,44)45/h3-15,17-18,24,26-27,31-32,47,51H,16,19H2,1-2H3. The lowest BCUT2D eigenvalue weighted by Crippen LogP contribution is -2.53. The third-order valence-electron chi connectivity index (χ3n) is 11.4. The fourth-order valence-electron chi connectivity index (χ4n) is 9.05. The SMILES string of the molecule is Cc1ccc(NN2C(=O)C3CC4C(=CCC5C(=O)N(N(C)c6nc(C(F)(F)F)ccc6Cl)C(=O)C54)C(c4cccc(F)c4O)C3(c3ccccc3)C2=O)cc1. The van der Waals surface area contributed by atoms with E-state index in [4.69, 9.17) is 11.6 Å². The first kappa shape index (κ1) is 36.2. The van der Waals surface area contributed by atoms with Crippen LogP contribution >= 0.6 is 11.6 Å². The molecule has 4 amide bonds. The second kappa shape index (κ2) is 12.9. The highest BCUT2D eigenvalue weighted by molar-refractivity contribution is 6.33. The molecule has 8 rings (SSSR count). The molecule has 15 heteroatoms. The molecular weight excluding hydrogens is 742 g/mol. The van der Waals surface area contributed by atoms with Crippen LogP contribution in [0.5, 0.6) is 5.75 Å². The molecule has 2 saturated heterocycles. The van der Waals surface area contributed by atoms with Gasteiger partial charge in [-0.2, -0.15) is 23.2 Å². The van der Waals surface area contributed by atoms with Gasteiger partial charge in [-0.25, -0.2) is 9.37 Å². The third kappa shape index (κ3) is 5.40. The average Bonchev–Trinajstić information content (AvgIpc) is 3.54. The van der Waals surface area contributed by atoms with Gasteiger partial charge in [-0.3, -0.25) is 29.6 Å². The lowest BCUT2D eigenvalue weighted by atomic mass is 9.49. The van der Waals surface area contributed by atoms with Gasteiger partial charge in [0, 0.05) is 18.5 Å². The van der Waals surface area contributed by atoms with E-state index in [1.165, 1.54) is 19.2 Å². The van der Waals surface area contributed by atoms with Crippen LogP contribution in [0.3, 0.4) is 0 Å². The normalized spacial score (nSPS) is 26.1. The lowest BCUT2D eigenvalue weighted by molar-refractivity contribution is -0.142. The number of carbonyl (C=O) groups excluding carboxylic acids is 4. The molecule has 0 bridgehead atoms. The summed E-state index contributed by atoms with van der Waals surface area (Å²) in [6.45, 7) is 1.88. The number of anilines is 2. The van der Waals surface area contributed by atoms with Crippen LogP contribution in [0.25, 0.3) is 0 Å². The molecule has 2 aliphatic heterocycles. The molecule has 4 aliphatic rings. The van der Waals surface area contributed by atoms with E-state index in [0.717, 1.165) is 32.7 Å². The van der Waals surface area contributed by atoms with Gasteiger partial charge in [0.25, 0.3) is 23.6 Å². The number of amides is 4. The van der Waals surface area contributed by atoms with Crippen LogP contribution in [-0.2, 0) is 30.8 Å². The highest BCUT2D eigenvalue weighted by Gasteiger charge is 2.71. The van der Waals surface area contributed by atoms with Crippen molar-refractivity contribution in [1.29, 1.82) is 0 Å². The zero-order chi connectivity index (χ0) is 39.1. The molecular formula is C40H32ClF4N5O5. The molecule has 1 saturated carbocycles. The van der Waals surface area contributed by atoms with Crippen LogP contribution in [0.2, 0.25) is 5.02 Å². The van der Waals surface area contributed by atoms with E-state index in [1.54, 1.807) is 60.7 Å². The fourth-order valence-corrected chi connectivity index (χ4v) is 9.27. The number of rotatable bonds is 6. The number of hydrogen-bond acceptors (Lipinski definition) is 8. The van der Waals surface area contributed by atoms with Crippen molar-refractivity contribution in [3.8, 4) is 5.75 Å². The number of phenols is 1. The Bertz CT molecular complexity index is 2310. The summed E-state index contributed by atoms with van der Waals surface area (Å²) in [6.07, 6.45) is -3.28. The number of phenolic OH excluding ortho intramolecular Hbond substituents is 1. The number of aromatic hydroxyl groups is 1. The number of imide groups is 2. The molecule has 2 aliphatic carbocycles. The molecule has 55 heavy (non-hydrogen) atoms. The number of para-hydroxylation sites is 1. The van der Waals surface area contributed by atoms with Gasteiger partial charge in [-0.1, -0.05) is 83.4 Å². The number of allylic oxidation sites excluding steroid dienone is 2. The summed E-state index contributed by atoms with van der Waals surface area (Å²) in [5, 5.41) is 13.7. The fraction of sp³-hybridized carbons (Fsp3) is 0.275. The minimum Gasteiger partial charge on any atom is -0.505 e. The molecule has 10 nitrogen and oxygen atoms in total. The molecule has 6 atom stereocenters. The van der Waals surface area contributed by atoms with E-state index < -0.39 is 87.9 Å².